The zero-order valence-electron chi connectivity index (χ0n) is 11.2. The topological polar surface area (TPSA) is 26.3 Å². The van der Waals surface area contributed by atoms with Gasteiger partial charge in [0.2, 0.25) is 0 Å². The Hall–Kier alpha value is -1.31. The second-order valence-electron chi connectivity index (χ2n) is 5.07. The Labute approximate surface area is 109 Å². The Morgan fingerprint density at radius 2 is 1.94 bits per heavy atom. The molecule has 0 bridgehead atoms. The van der Waals surface area contributed by atoms with Gasteiger partial charge in [-0.1, -0.05) is 31.2 Å². The molecular weight excluding hydrogens is 224 g/mol. The first kappa shape index (κ1) is 13.1. The number of carbonyl (C=O) groups is 1. The summed E-state index contributed by atoms with van der Waals surface area (Å²) in [5, 5.41) is 0. The summed E-state index contributed by atoms with van der Waals surface area (Å²) in [7, 11) is 0. The van der Waals surface area contributed by atoms with Crippen LogP contribution < -0.4 is 0 Å². The Morgan fingerprint density at radius 3 is 2.61 bits per heavy atom. The highest BCUT2D eigenvalue weighted by Crippen LogP contribution is 2.21. The van der Waals surface area contributed by atoms with Gasteiger partial charge in [-0.15, -0.1) is 0 Å². The quantitative estimate of drug-likeness (QED) is 0.743. The van der Waals surface area contributed by atoms with Crippen LogP contribution in [-0.4, -0.2) is 12.6 Å². The van der Waals surface area contributed by atoms with E-state index in [0.717, 1.165) is 38.5 Å². The third-order valence-corrected chi connectivity index (χ3v) is 3.72. The summed E-state index contributed by atoms with van der Waals surface area (Å²) < 4.78 is 5.08. The molecular formula is C16H22O2. The summed E-state index contributed by atoms with van der Waals surface area (Å²) in [4.78, 5) is 11.5. The van der Waals surface area contributed by atoms with E-state index in [1.54, 1.807) is 0 Å². The molecule has 2 rings (SSSR count). The van der Waals surface area contributed by atoms with E-state index in [1.165, 1.54) is 11.1 Å². The SMILES string of the molecule is CCc1ccc(CCCC2CCCOC2=O)cc1. The molecule has 2 heteroatoms. The lowest BCUT2D eigenvalue weighted by Crippen LogP contribution is -2.24. The van der Waals surface area contributed by atoms with Gasteiger partial charge >= 0.3 is 5.97 Å². The molecule has 0 spiro atoms. The molecule has 0 N–H and O–H groups in total. The van der Waals surface area contributed by atoms with Crippen LogP contribution in [-0.2, 0) is 22.4 Å². The predicted octanol–water partition coefficient (Wildman–Crippen LogP) is 3.52. The van der Waals surface area contributed by atoms with E-state index >= 15 is 0 Å². The van der Waals surface area contributed by atoms with Crippen LogP contribution in [0, 0.1) is 5.92 Å². The van der Waals surface area contributed by atoms with Crippen LogP contribution in [0.4, 0.5) is 0 Å². The molecule has 0 aliphatic carbocycles. The largest absolute Gasteiger partial charge is 0.465 e. The van der Waals surface area contributed by atoms with Crippen LogP contribution in [0.2, 0.25) is 0 Å². The second kappa shape index (κ2) is 6.58. The summed E-state index contributed by atoms with van der Waals surface area (Å²) in [6, 6.07) is 8.81. The normalized spacial score (nSPS) is 19.6. The molecule has 98 valence electrons. The summed E-state index contributed by atoms with van der Waals surface area (Å²) in [5.41, 5.74) is 2.76. The Balaban J connectivity index is 1.75. The fourth-order valence-corrected chi connectivity index (χ4v) is 2.49. The monoisotopic (exact) mass is 246 g/mol. The average Bonchev–Trinajstić information content (AvgIpc) is 2.42. The molecule has 1 unspecified atom stereocenters. The Kier molecular flexibility index (Phi) is 4.80. The van der Waals surface area contributed by atoms with Crippen molar-refractivity contribution in [2.75, 3.05) is 6.61 Å². The van der Waals surface area contributed by atoms with E-state index in [-0.39, 0.29) is 11.9 Å². The van der Waals surface area contributed by atoms with Crippen LogP contribution in [0.15, 0.2) is 24.3 Å². The number of ether oxygens (including phenoxy) is 1. The van der Waals surface area contributed by atoms with Crippen molar-refractivity contribution in [1.29, 1.82) is 0 Å². The van der Waals surface area contributed by atoms with Crippen molar-refractivity contribution in [3.05, 3.63) is 35.4 Å². The fourth-order valence-electron chi connectivity index (χ4n) is 2.49. The van der Waals surface area contributed by atoms with Gasteiger partial charge < -0.3 is 4.74 Å². The first-order valence-corrected chi connectivity index (χ1v) is 7.04. The van der Waals surface area contributed by atoms with Crippen molar-refractivity contribution in [3.8, 4) is 0 Å². The number of carbonyl (C=O) groups excluding carboxylic acids is 1. The molecule has 1 aromatic rings. The van der Waals surface area contributed by atoms with Gasteiger partial charge in [-0.05, 0) is 49.7 Å². The van der Waals surface area contributed by atoms with Crippen molar-refractivity contribution < 1.29 is 9.53 Å². The molecule has 1 heterocycles. The number of rotatable bonds is 5. The molecule has 1 aliphatic heterocycles. The van der Waals surface area contributed by atoms with Crippen molar-refractivity contribution >= 4 is 5.97 Å². The summed E-state index contributed by atoms with van der Waals surface area (Å²) in [6.45, 7) is 2.79. The fraction of sp³-hybridized carbons (Fsp3) is 0.562. The molecule has 1 aromatic carbocycles. The maximum atomic E-state index is 11.5. The van der Waals surface area contributed by atoms with Gasteiger partial charge in [-0.25, -0.2) is 0 Å². The highest BCUT2D eigenvalue weighted by Gasteiger charge is 2.23. The lowest BCUT2D eigenvalue weighted by molar-refractivity contribution is -0.153. The van der Waals surface area contributed by atoms with Gasteiger partial charge in [0.05, 0.1) is 12.5 Å². The van der Waals surface area contributed by atoms with E-state index in [1.807, 2.05) is 0 Å². The van der Waals surface area contributed by atoms with Crippen LogP contribution in [0.1, 0.15) is 43.7 Å². The summed E-state index contributed by atoms with van der Waals surface area (Å²) >= 11 is 0. The molecule has 1 saturated heterocycles. The summed E-state index contributed by atoms with van der Waals surface area (Å²) in [6.07, 6.45) is 6.23. The van der Waals surface area contributed by atoms with Gasteiger partial charge in [0.15, 0.2) is 0 Å². The molecule has 2 nitrogen and oxygen atoms in total. The minimum Gasteiger partial charge on any atom is -0.465 e. The molecule has 0 saturated carbocycles. The maximum absolute atomic E-state index is 11.5. The van der Waals surface area contributed by atoms with Crippen LogP contribution in [0.25, 0.3) is 0 Å². The number of esters is 1. The third kappa shape index (κ3) is 3.59. The average molecular weight is 246 g/mol. The van der Waals surface area contributed by atoms with E-state index in [9.17, 15) is 4.79 Å². The van der Waals surface area contributed by atoms with Crippen molar-refractivity contribution in [1.82, 2.24) is 0 Å². The smallest absolute Gasteiger partial charge is 0.308 e. The lowest BCUT2D eigenvalue weighted by atomic mass is 9.94. The van der Waals surface area contributed by atoms with E-state index in [2.05, 4.69) is 31.2 Å². The van der Waals surface area contributed by atoms with Gasteiger partial charge in [0, 0.05) is 0 Å². The first-order chi connectivity index (χ1) is 8.79. The van der Waals surface area contributed by atoms with Crippen LogP contribution in [0.5, 0.6) is 0 Å². The zero-order valence-corrected chi connectivity index (χ0v) is 11.2. The Morgan fingerprint density at radius 1 is 1.22 bits per heavy atom. The zero-order chi connectivity index (χ0) is 12.8. The number of benzene rings is 1. The minimum atomic E-state index is 0.0163. The van der Waals surface area contributed by atoms with Crippen LogP contribution in [0.3, 0.4) is 0 Å². The standard InChI is InChI=1S/C16H22O2/c1-2-13-8-10-14(11-9-13)5-3-6-15-7-4-12-18-16(15)17/h8-11,15H,2-7,12H2,1H3. The van der Waals surface area contributed by atoms with Gasteiger partial charge in [-0.3, -0.25) is 4.79 Å². The van der Waals surface area contributed by atoms with Crippen molar-refractivity contribution in [3.63, 3.8) is 0 Å². The number of aryl methyl sites for hydroxylation is 2. The minimum absolute atomic E-state index is 0.0163. The molecule has 0 amide bonds. The molecule has 0 radical (unpaired) electrons. The molecule has 1 fully saturated rings. The number of hydrogen-bond acceptors (Lipinski definition) is 2. The highest BCUT2D eigenvalue weighted by molar-refractivity contribution is 5.72. The van der Waals surface area contributed by atoms with Gasteiger partial charge in [-0.2, -0.15) is 0 Å². The molecule has 0 aromatic heterocycles. The highest BCUT2D eigenvalue weighted by atomic mass is 16.5. The molecule has 18 heavy (non-hydrogen) atoms. The van der Waals surface area contributed by atoms with Gasteiger partial charge in [0.1, 0.15) is 0 Å². The van der Waals surface area contributed by atoms with E-state index in [0.29, 0.717) is 6.61 Å². The number of cyclic esters (lactones) is 1. The number of hydrogen-bond donors (Lipinski definition) is 0. The second-order valence-corrected chi connectivity index (χ2v) is 5.07. The van der Waals surface area contributed by atoms with Crippen molar-refractivity contribution in [2.24, 2.45) is 5.92 Å². The molecule has 1 aliphatic rings. The van der Waals surface area contributed by atoms with E-state index in [4.69, 9.17) is 4.74 Å². The molecule has 1 atom stereocenters. The summed E-state index contributed by atoms with van der Waals surface area (Å²) in [5.74, 6) is 0.163. The lowest BCUT2D eigenvalue weighted by Gasteiger charge is -2.20. The maximum Gasteiger partial charge on any atom is 0.308 e. The third-order valence-electron chi connectivity index (χ3n) is 3.72. The van der Waals surface area contributed by atoms with Gasteiger partial charge in [0.25, 0.3) is 0 Å². The van der Waals surface area contributed by atoms with Crippen LogP contribution >= 0.6 is 0 Å². The predicted molar refractivity (Wildman–Crippen MR) is 72.4 cm³/mol. The van der Waals surface area contributed by atoms with Crippen molar-refractivity contribution in [2.45, 2.75) is 45.4 Å². The van der Waals surface area contributed by atoms with E-state index < -0.39 is 0 Å². The Bertz CT molecular complexity index is 381. The first-order valence-electron chi connectivity index (χ1n) is 7.04.